The summed E-state index contributed by atoms with van der Waals surface area (Å²) in [6.45, 7) is 4.69. The number of carboxylic acid groups (broad SMARTS) is 1. The van der Waals surface area contributed by atoms with Crippen LogP contribution in [0.5, 0.6) is 0 Å². The first-order chi connectivity index (χ1) is 12.8. The smallest absolute Gasteiger partial charge is 0.314 e. The molecule has 2 fully saturated rings. The second kappa shape index (κ2) is 8.23. The van der Waals surface area contributed by atoms with E-state index in [1.165, 1.54) is 16.7 Å². The quantitative estimate of drug-likeness (QED) is 0.747. The topological polar surface area (TPSA) is 77.8 Å². The van der Waals surface area contributed by atoms with Crippen LogP contribution in [-0.2, 0) is 15.3 Å². The van der Waals surface area contributed by atoms with E-state index in [9.17, 15) is 19.8 Å². The van der Waals surface area contributed by atoms with Crippen molar-refractivity contribution in [1.29, 1.82) is 0 Å². The summed E-state index contributed by atoms with van der Waals surface area (Å²) >= 11 is 1.56. The highest BCUT2D eigenvalue weighted by atomic mass is 32.2. The van der Waals surface area contributed by atoms with Gasteiger partial charge in [0.15, 0.2) is 0 Å². The predicted molar refractivity (Wildman–Crippen MR) is 107 cm³/mol. The maximum absolute atomic E-state index is 12.7. The highest BCUT2D eigenvalue weighted by Crippen LogP contribution is 2.45. The fourth-order valence-electron chi connectivity index (χ4n) is 4.13. The Kier molecular flexibility index (Phi) is 6.16. The number of benzene rings is 1. The number of hydrogen-bond donors (Lipinski definition) is 2. The SMILES string of the molecule is Cc1cc(C)cc(CSCC(=O)N2CC[C@@H](O)[C@@](CC3CC3)(C(=O)O)C2)c1. The standard InChI is InChI=1S/C21H29NO4S/c1-14-7-15(2)9-17(8-14)11-27-12-19(24)22-6-5-18(23)21(13-22,20(25)26)10-16-3-4-16/h7-9,16,18,23H,3-6,10-13H2,1-2H3,(H,25,26)/t18-,21+/m1/s1. The lowest BCUT2D eigenvalue weighted by atomic mass is 9.73. The zero-order valence-electron chi connectivity index (χ0n) is 16.1. The predicted octanol–water partition coefficient (Wildman–Crippen LogP) is 3.00. The Morgan fingerprint density at radius 3 is 2.44 bits per heavy atom. The minimum atomic E-state index is -1.20. The molecule has 2 N–H and O–H groups in total. The molecule has 0 radical (unpaired) electrons. The molecular formula is C21H29NO4S. The number of carboxylic acids is 1. The number of aliphatic hydroxyl groups excluding tert-OH is 1. The summed E-state index contributed by atoms with van der Waals surface area (Å²) in [5, 5.41) is 20.2. The van der Waals surface area contributed by atoms with Crippen molar-refractivity contribution in [2.75, 3.05) is 18.8 Å². The monoisotopic (exact) mass is 391 g/mol. The van der Waals surface area contributed by atoms with Crippen LogP contribution in [0.2, 0.25) is 0 Å². The molecule has 1 aliphatic heterocycles. The number of carbonyl (C=O) groups excluding carboxylic acids is 1. The number of nitrogens with zero attached hydrogens (tertiary/aromatic N) is 1. The summed E-state index contributed by atoms with van der Waals surface area (Å²) in [5.41, 5.74) is 2.43. The number of hydrogen-bond acceptors (Lipinski definition) is 4. The lowest BCUT2D eigenvalue weighted by molar-refractivity contribution is -0.166. The van der Waals surface area contributed by atoms with Crippen molar-refractivity contribution < 1.29 is 19.8 Å². The van der Waals surface area contributed by atoms with Crippen molar-refractivity contribution in [3.05, 3.63) is 34.9 Å². The van der Waals surface area contributed by atoms with Gasteiger partial charge in [-0.25, -0.2) is 0 Å². The maximum atomic E-state index is 12.7. The Bertz CT molecular complexity index is 698. The van der Waals surface area contributed by atoms with E-state index in [0.29, 0.717) is 31.1 Å². The second-order valence-corrected chi connectivity index (χ2v) is 9.20. The van der Waals surface area contributed by atoms with E-state index >= 15 is 0 Å². The largest absolute Gasteiger partial charge is 0.481 e. The molecule has 2 atom stereocenters. The minimum Gasteiger partial charge on any atom is -0.481 e. The molecule has 148 valence electrons. The van der Waals surface area contributed by atoms with Crippen molar-refractivity contribution in [3.8, 4) is 0 Å². The second-order valence-electron chi connectivity index (χ2n) is 8.22. The van der Waals surface area contributed by atoms with E-state index < -0.39 is 17.5 Å². The zero-order valence-corrected chi connectivity index (χ0v) is 16.9. The molecule has 5 nitrogen and oxygen atoms in total. The van der Waals surface area contributed by atoms with Gasteiger partial charge < -0.3 is 15.1 Å². The number of amides is 1. The van der Waals surface area contributed by atoms with Crippen LogP contribution in [0.3, 0.4) is 0 Å². The average Bonchev–Trinajstić information content (AvgIpc) is 3.39. The third-order valence-corrected chi connectivity index (χ3v) is 6.68. The van der Waals surface area contributed by atoms with Gasteiger partial charge in [-0.1, -0.05) is 42.2 Å². The molecule has 0 spiro atoms. The third kappa shape index (κ3) is 4.85. The lowest BCUT2D eigenvalue weighted by Gasteiger charge is -2.43. The number of rotatable bonds is 7. The van der Waals surface area contributed by atoms with E-state index in [4.69, 9.17) is 0 Å². The van der Waals surface area contributed by atoms with Crippen molar-refractivity contribution in [2.45, 2.75) is 51.4 Å². The lowest BCUT2D eigenvalue weighted by Crippen LogP contribution is -2.57. The average molecular weight is 392 g/mol. The molecule has 0 unspecified atom stereocenters. The van der Waals surface area contributed by atoms with Crippen LogP contribution in [0.25, 0.3) is 0 Å². The van der Waals surface area contributed by atoms with Crippen LogP contribution in [0.15, 0.2) is 18.2 Å². The molecule has 27 heavy (non-hydrogen) atoms. The van der Waals surface area contributed by atoms with Gasteiger partial charge in [0.1, 0.15) is 5.41 Å². The molecule has 6 heteroatoms. The highest BCUT2D eigenvalue weighted by molar-refractivity contribution is 7.99. The summed E-state index contributed by atoms with van der Waals surface area (Å²) in [5.74, 6) is 0.476. The van der Waals surface area contributed by atoms with Crippen LogP contribution in [-0.4, -0.2) is 51.9 Å². The molecule has 0 bridgehead atoms. The van der Waals surface area contributed by atoms with Gasteiger partial charge in [-0.15, -0.1) is 11.8 Å². The number of carbonyl (C=O) groups is 2. The Labute approximate surface area is 165 Å². The molecule has 2 aliphatic rings. The summed E-state index contributed by atoms with van der Waals surface area (Å²) in [7, 11) is 0. The third-order valence-electron chi connectivity index (χ3n) is 5.69. The van der Waals surface area contributed by atoms with Crippen molar-refractivity contribution in [3.63, 3.8) is 0 Å². The molecule has 3 rings (SSSR count). The van der Waals surface area contributed by atoms with Gasteiger partial charge in [-0.3, -0.25) is 9.59 Å². The molecule has 0 aromatic heterocycles. The van der Waals surface area contributed by atoms with Crippen LogP contribution in [0.1, 0.15) is 42.4 Å². The van der Waals surface area contributed by atoms with Crippen LogP contribution in [0.4, 0.5) is 0 Å². The number of aliphatic hydroxyl groups is 1. The van der Waals surface area contributed by atoms with Crippen molar-refractivity contribution in [1.82, 2.24) is 4.90 Å². The first-order valence-corrected chi connectivity index (χ1v) is 10.8. The summed E-state index contributed by atoms with van der Waals surface area (Å²) in [6.07, 6.45) is 2.00. The fraction of sp³-hybridized carbons (Fsp3) is 0.619. The van der Waals surface area contributed by atoms with E-state index in [1.54, 1.807) is 16.7 Å². The van der Waals surface area contributed by atoms with Crippen LogP contribution >= 0.6 is 11.8 Å². The van der Waals surface area contributed by atoms with Crippen LogP contribution in [0, 0.1) is 25.2 Å². The number of piperidine rings is 1. The van der Waals surface area contributed by atoms with Gasteiger partial charge >= 0.3 is 5.97 Å². The molecule has 1 amide bonds. The number of thioether (sulfide) groups is 1. The first-order valence-electron chi connectivity index (χ1n) is 9.64. The molecule has 1 heterocycles. The summed E-state index contributed by atoms with van der Waals surface area (Å²) in [6, 6.07) is 6.39. The highest BCUT2D eigenvalue weighted by Gasteiger charge is 2.52. The van der Waals surface area contributed by atoms with Crippen molar-refractivity contribution in [2.24, 2.45) is 11.3 Å². The Hall–Kier alpha value is -1.53. The molecule has 1 saturated carbocycles. The normalized spacial score (nSPS) is 25.4. The van der Waals surface area contributed by atoms with Gasteiger partial charge in [0.05, 0.1) is 11.9 Å². The van der Waals surface area contributed by atoms with Gasteiger partial charge in [-0.2, -0.15) is 0 Å². The molecule has 1 aliphatic carbocycles. The number of aryl methyl sites for hydroxylation is 2. The van der Waals surface area contributed by atoms with E-state index in [2.05, 4.69) is 32.0 Å². The Balaban J connectivity index is 1.58. The summed E-state index contributed by atoms with van der Waals surface area (Å²) in [4.78, 5) is 26.3. The van der Waals surface area contributed by atoms with E-state index in [0.717, 1.165) is 18.6 Å². The molecule has 1 aromatic rings. The van der Waals surface area contributed by atoms with Gasteiger partial charge in [0.25, 0.3) is 0 Å². The molecular weight excluding hydrogens is 362 g/mol. The number of likely N-dealkylation sites (tertiary alicyclic amines) is 1. The first kappa shape index (κ1) is 20.2. The van der Waals surface area contributed by atoms with Gasteiger partial charge in [0, 0.05) is 18.8 Å². The van der Waals surface area contributed by atoms with Crippen molar-refractivity contribution >= 4 is 23.6 Å². The van der Waals surface area contributed by atoms with Gasteiger partial charge in [-0.05, 0) is 38.2 Å². The summed E-state index contributed by atoms with van der Waals surface area (Å²) < 4.78 is 0. The number of aliphatic carboxylic acids is 1. The van der Waals surface area contributed by atoms with Crippen LogP contribution < -0.4 is 0 Å². The molecule has 1 aromatic carbocycles. The zero-order chi connectivity index (χ0) is 19.6. The fourth-order valence-corrected chi connectivity index (χ4v) is 4.99. The van der Waals surface area contributed by atoms with E-state index in [1.807, 2.05) is 0 Å². The molecule has 1 saturated heterocycles. The minimum absolute atomic E-state index is 0.0299. The van der Waals surface area contributed by atoms with E-state index in [-0.39, 0.29) is 12.5 Å². The Morgan fingerprint density at radius 1 is 1.19 bits per heavy atom. The maximum Gasteiger partial charge on any atom is 0.314 e. The Morgan fingerprint density at radius 2 is 1.85 bits per heavy atom. The van der Waals surface area contributed by atoms with Gasteiger partial charge in [0.2, 0.25) is 5.91 Å².